The number of allylic oxidation sites excluding steroid dienone is 8. The summed E-state index contributed by atoms with van der Waals surface area (Å²) < 4.78 is 0. The Kier molecular flexibility index (Phi) is 8.41. The molecule has 142 valence electrons. The van der Waals surface area contributed by atoms with Gasteiger partial charge in [0.1, 0.15) is 0 Å². The van der Waals surface area contributed by atoms with E-state index in [-0.39, 0.29) is 18.3 Å². The Morgan fingerprint density at radius 1 is 0.885 bits per heavy atom. The normalized spacial score (nSPS) is 28.1. The molecule has 0 saturated carbocycles. The van der Waals surface area contributed by atoms with Gasteiger partial charge in [0.05, 0.1) is 5.60 Å². The summed E-state index contributed by atoms with van der Waals surface area (Å²) in [6, 6.07) is 0. The molecule has 1 N–H and O–H groups in total. The average molecular weight is 467 g/mol. The second-order valence-corrected chi connectivity index (χ2v) is 8.46. The van der Waals surface area contributed by atoms with Gasteiger partial charge in [-0.15, -0.1) is 0 Å². The number of hydrogen-bond acceptors (Lipinski definition) is 1. The zero-order valence-corrected chi connectivity index (χ0v) is 20.9. The first kappa shape index (κ1) is 22.6. The molecule has 4 aliphatic carbocycles. The van der Waals surface area contributed by atoms with Gasteiger partial charge in [0.15, 0.2) is 0 Å². The van der Waals surface area contributed by atoms with E-state index in [1.165, 1.54) is 51.4 Å². The Morgan fingerprint density at radius 2 is 1.27 bits per heavy atom. The standard InChI is InChI=1S/C22H30O.ClH.H2Si.Zr/c1-22(2,23)21(19-13-11-15-7-3-5-9-17(15)19)20-14-12-16-8-4-6-10-18(16)20;;;/h11-14,19-21,23H,3-10H2,1-2H3;1H;1H2;/p-1. The van der Waals surface area contributed by atoms with Crippen molar-refractivity contribution in [1.82, 2.24) is 0 Å². The summed E-state index contributed by atoms with van der Waals surface area (Å²) in [5.41, 5.74) is 5.79. The molecule has 2 atom stereocenters. The molecule has 0 aliphatic heterocycles. The van der Waals surface area contributed by atoms with Gasteiger partial charge >= 0.3 is 30.2 Å². The average Bonchev–Trinajstić information content (AvgIpc) is 3.22. The maximum absolute atomic E-state index is 11.1. The van der Waals surface area contributed by atoms with Crippen LogP contribution in [-0.4, -0.2) is 17.6 Å². The van der Waals surface area contributed by atoms with Gasteiger partial charge < -0.3 is 17.5 Å². The SMILES string of the molecule is CC(C)(O)C(C1C=CC2=C1CCCC2)C1C=CC2=C1CCCC2.[Cl-].[SiH2]=[Zr]. The van der Waals surface area contributed by atoms with Crippen LogP contribution >= 0.6 is 0 Å². The van der Waals surface area contributed by atoms with Crippen molar-refractivity contribution in [3.63, 3.8) is 0 Å². The van der Waals surface area contributed by atoms with Crippen LogP contribution in [0.2, 0.25) is 0 Å². The van der Waals surface area contributed by atoms with Crippen LogP contribution in [0.4, 0.5) is 0 Å². The molecule has 0 amide bonds. The summed E-state index contributed by atoms with van der Waals surface area (Å²) in [4.78, 5) is 0. The summed E-state index contributed by atoms with van der Waals surface area (Å²) in [5.74, 6) is 1.16. The molecular weight excluding hydrogens is 435 g/mol. The van der Waals surface area contributed by atoms with Crippen molar-refractivity contribution in [3.8, 4) is 0 Å². The van der Waals surface area contributed by atoms with Crippen molar-refractivity contribution in [2.75, 3.05) is 0 Å². The summed E-state index contributed by atoms with van der Waals surface area (Å²) in [7, 11) is 0. The predicted octanol–water partition coefficient (Wildman–Crippen LogP) is 1.57. The third-order valence-electron chi connectivity index (χ3n) is 6.51. The summed E-state index contributed by atoms with van der Waals surface area (Å²) >= 11 is 1.58. The topological polar surface area (TPSA) is 20.2 Å². The van der Waals surface area contributed by atoms with Crippen molar-refractivity contribution >= 4 is 6.88 Å². The van der Waals surface area contributed by atoms with Crippen LogP contribution in [0.15, 0.2) is 46.6 Å². The molecule has 0 aromatic carbocycles. The second-order valence-electron chi connectivity index (χ2n) is 8.46. The number of aliphatic hydroxyl groups is 1. The molecule has 0 radical (unpaired) electrons. The minimum absolute atomic E-state index is 0. The summed E-state index contributed by atoms with van der Waals surface area (Å²) in [6.07, 6.45) is 19.8. The Labute approximate surface area is 182 Å². The Balaban J connectivity index is 0.000000784. The van der Waals surface area contributed by atoms with Gasteiger partial charge in [-0.05, 0) is 76.4 Å². The van der Waals surface area contributed by atoms with E-state index in [2.05, 4.69) is 24.3 Å². The van der Waals surface area contributed by atoms with Gasteiger partial charge in [0, 0.05) is 17.8 Å². The molecule has 4 rings (SSSR count). The Bertz CT molecular complexity index is 593. The molecule has 0 heterocycles. The predicted molar refractivity (Wildman–Crippen MR) is 105 cm³/mol. The first-order valence-electron chi connectivity index (χ1n) is 9.93. The maximum atomic E-state index is 11.1. The first-order chi connectivity index (χ1) is 12.1. The van der Waals surface area contributed by atoms with Crippen LogP contribution in [-0.2, 0) is 23.3 Å². The molecule has 4 heteroatoms. The number of rotatable bonds is 3. The quantitative estimate of drug-likeness (QED) is 0.626. The van der Waals surface area contributed by atoms with E-state index in [4.69, 9.17) is 0 Å². The molecule has 1 nitrogen and oxygen atoms in total. The van der Waals surface area contributed by atoms with E-state index in [0.717, 1.165) is 0 Å². The van der Waals surface area contributed by atoms with Crippen LogP contribution in [0.1, 0.15) is 65.2 Å². The first-order valence-corrected chi connectivity index (χ1v) is 15.9. The molecule has 0 fully saturated rings. The molecule has 0 bridgehead atoms. The van der Waals surface area contributed by atoms with Crippen LogP contribution in [0, 0.1) is 17.8 Å². The third-order valence-corrected chi connectivity index (χ3v) is 6.51. The molecule has 0 aromatic rings. The van der Waals surface area contributed by atoms with Crippen LogP contribution in [0.5, 0.6) is 0 Å². The van der Waals surface area contributed by atoms with Crippen molar-refractivity contribution in [2.24, 2.45) is 17.8 Å². The molecule has 26 heavy (non-hydrogen) atoms. The molecule has 0 saturated heterocycles. The van der Waals surface area contributed by atoms with E-state index in [1.54, 1.807) is 45.6 Å². The van der Waals surface area contributed by atoms with Gasteiger partial charge in [-0.1, -0.05) is 35.5 Å². The van der Waals surface area contributed by atoms with Crippen molar-refractivity contribution in [3.05, 3.63) is 46.6 Å². The van der Waals surface area contributed by atoms with Crippen LogP contribution in [0.3, 0.4) is 0 Å². The van der Waals surface area contributed by atoms with E-state index < -0.39 is 5.60 Å². The van der Waals surface area contributed by atoms with Gasteiger partial charge in [-0.3, -0.25) is 0 Å². The van der Waals surface area contributed by atoms with Gasteiger partial charge in [-0.2, -0.15) is 0 Å². The van der Waals surface area contributed by atoms with Crippen molar-refractivity contribution in [1.29, 1.82) is 0 Å². The fraction of sp³-hybridized carbons (Fsp3) is 0.636. The fourth-order valence-electron chi connectivity index (χ4n) is 5.49. The third kappa shape index (κ3) is 4.48. The molecule has 4 aliphatic rings. The van der Waals surface area contributed by atoms with Crippen molar-refractivity contribution in [2.45, 2.75) is 70.8 Å². The minimum atomic E-state index is -0.649. The van der Waals surface area contributed by atoms with Gasteiger partial charge in [-0.25, -0.2) is 0 Å². The molecular formula is C22H32ClOSiZr-. The van der Waals surface area contributed by atoms with Gasteiger partial charge in [0.25, 0.3) is 0 Å². The molecule has 2 unspecified atom stereocenters. The number of hydrogen-bond donors (Lipinski definition) is 1. The van der Waals surface area contributed by atoms with E-state index in [0.29, 0.717) is 11.8 Å². The molecule has 0 spiro atoms. The summed E-state index contributed by atoms with van der Waals surface area (Å²) in [5, 5.41) is 11.1. The molecule has 0 aromatic heterocycles. The van der Waals surface area contributed by atoms with Crippen LogP contribution < -0.4 is 12.4 Å². The zero-order chi connectivity index (χ0) is 18.0. The van der Waals surface area contributed by atoms with E-state index in [9.17, 15) is 5.11 Å². The van der Waals surface area contributed by atoms with E-state index in [1.807, 2.05) is 20.7 Å². The van der Waals surface area contributed by atoms with Crippen molar-refractivity contribution < 1.29 is 40.8 Å². The Morgan fingerprint density at radius 3 is 1.65 bits per heavy atom. The monoisotopic (exact) mass is 465 g/mol. The summed E-state index contributed by atoms with van der Waals surface area (Å²) in [6.45, 7) is 6.01. The second kappa shape index (κ2) is 9.68. The van der Waals surface area contributed by atoms with E-state index >= 15 is 0 Å². The zero-order valence-electron chi connectivity index (χ0n) is 16.2. The Hall–Kier alpha value is 0.310. The van der Waals surface area contributed by atoms with Crippen LogP contribution in [0.25, 0.3) is 0 Å². The van der Waals surface area contributed by atoms with Gasteiger partial charge in [0.2, 0.25) is 0 Å². The number of halogens is 1. The fourth-order valence-corrected chi connectivity index (χ4v) is 5.49.